The van der Waals surface area contributed by atoms with Crippen molar-refractivity contribution in [3.8, 4) is 45.0 Å². The molecule has 0 saturated carbocycles. The third-order valence-corrected chi connectivity index (χ3v) is 12.2. The van der Waals surface area contributed by atoms with E-state index in [0.29, 0.717) is 0 Å². The second-order valence-electron chi connectivity index (χ2n) is 15.6. The molecule has 0 aliphatic rings. The van der Waals surface area contributed by atoms with E-state index in [1.165, 1.54) is 21.8 Å². The van der Waals surface area contributed by atoms with Gasteiger partial charge in [0.05, 0.1) is 38.8 Å². The second-order valence-corrected chi connectivity index (χ2v) is 15.6. The zero-order valence-electron chi connectivity index (χ0n) is 32.7. The van der Waals surface area contributed by atoms with Gasteiger partial charge in [0.2, 0.25) is 0 Å². The van der Waals surface area contributed by atoms with Crippen LogP contribution < -0.4 is 0 Å². The monoisotopic (exact) mass is 779 g/mol. The van der Waals surface area contributed by atoms with E-state index in [9.17, 15) is 0 Å². The summed E-state index contributed by atoms with van der Waals surface area (Å²) in [6.45, 7) is 0. The minimum atomic E-state index is 0.835. The van der Waals surface area contributed by atoms with Gasteiger partial charge in [-0.15, -0.1) is 0 Å². The van der Waals surface area contributed by atoms with Crippen molar-refractivity contribution in [3.63, 3.8) is 0 Å². The molecule has 0 radical (unpaired) electrons. The molecule has 0 spiro atoms. The van der Waals surface area contributed by atoms with Crippen LogP contribution >= 0.6 is 0 Å². The molecule has 13 aromatic rings. The van der Waals surface area contributed by atoms with Gasteiger partial charge in [0.1, 0.15) is 17.0 Å². The van der Waals surface area contributed by atoms with Crippen molar-refractivity contribution in [3.05, 3.63) is 200 Å². The topological polar surface area (TPSA) is 61.7 Å². The molecule has 0 amide bonds. The molecule has 5 aromatic heterocycles. The first-order chi connectivity index (χ1) is 30.2. The molecular formula is C55H33N5O. The van der Waals surface area contributed by atoms with E-state index in [0.717, 1.165) is 99.8 Å². The number of hydrogen-bond donors (Lipinski definition) is 0. The molecule has 284 valence electrons. The zero-order chi connectivity index (χ0) is 40.0. The van der Waals surface area contributed by atoms with Crippen molar-refractivity contribution in [2.45, 2.75) is 0 Å². The SMILES string of the molecule is c1ccc(-c2cc(-c3ccccc3)nc(-n3c4ccc(-c5ccc6oc7ccc(-n8c9ccccc9c9ccccc98)cc7c6c5)cc4c4c5nccnc5ccc43)c2)cc1. The third-order valence-electron chi connectivity index (χ3n) is 12.2. The van der Waals surface area contributed by atoms with Crippen molar-refractivity contribution in [2.75, 3.05) is 0 Å². The Bertz CT molecular complexity index is 3770. The molecule has 0 unspecified atom stereocenters. The van der Waals surface area contributed by atoms with Crippen molar-refractivity contribution in [1.29, 1.82) is 0 Å². The summed E-state index contributed by atoms with van der Waals surface area (Å²) in [5, 5.41) is 6.76. The van der Waals surface area contributed by atoms with Crippen LogP contribution in [-0.4, -0.2) is 24.1 Å². The first-order valence-corrected chi connectivity index (χ1v) is 20.5. The van der Waals surface area contributed by atoms with Crippen LogP contribution in [-0.2, 0) is 0 Å². The van der Waals surface area contributed by atoms with Gasteiger partial charge in [-0.1, -0.05) is 109 Å². The highest BCUT2D eigenvalue weighted by atomic mass is 16.3. The standard InChI is InChI=1S/C55H33N5O/c1-3-11-34(12-4-1)38-31-46(35-13-5-2-6-14-35)58-53(32-38)60-49-23-19-36(30-44(49)54-50(60)24-22-45-55(54)57-28-27-56-45)37-20-25-51-42(29-37)43-33-39(21-26-52(43)61-51)59-47-17-9-7-15-40(47)41-16-8-10-18-48(41)59/h1-33H. The summed E-state index contributed by atoms with van der Waals surface area (Å²) in [6, 6.07) is 66.6. The molecule has 0 aliphatic carbocycles. The van der Waals surface area contributed by atoms with Crippen LogP contribution in [0.3, 0.4) is 0 Å². The highest BCUT2D eigenvalue weighted by Crippen LogP contribution is 2.41. The first kappa shape index (κ1) is 33.6. The lowest BCUT2D eigenvalue weighted by Gasteiger charge is -2.13. The number of para-hydroxylation sites is 2. The third kappa shape index (κ3) is 5.19. The Hall–Kier alpha value is -8.35. The van der Waals surface area contributed by atoms with E-state index in [-0.39, 0.29) is 0 Å². The van der Waals surface area contributed by atoms with E-state index in [1.54, 1.807) is 12.4 Å². The molecule has 13 rings (SSSR count). The quantitative estimate of drug-likeness (QED) is 0.175. The zero-order valence-corrected chi connectivity index (χ0v) is 32.7. The minimum Gasteiger partial charge on any atom is -0.456 e. The highest BCUT2D eigenvalue weighted by Gasteiger charge is 2.20. The maximum absolute atomic E-state index is 6.47. The molecule has 6 nitrogen and oxygen atoms in total. The van der Waals surface area contributed by atoms with Gasteiger partial charge in [-0.3, -0.25) is 14.5 Å². The summed E-state index contributed by atoms with van der Waals surface area (Å²) in [5.41, 5.74) is 15.3. The fourth-order valence-electron chi connectivity index (χ4n) is 9.43. The van der Waals surface area contributed by atoms with Crippen LogP contribution in [0.4, 0.5) is 0 Å². The lowest BCUT2D eigenvalue weighted by atomic mass is 10.00. The molecule has 0 atom stereocenters. The van der Waals surface area contributed by atoms with E-state index in [2.05, 4.69) is 191 Å². The van der Waals surface area contributed by atoms with Gasteiger partial charge in [0.15, 0.2) is 0 Å². The number of fused-ring (bicyclic) bond motifs is 11. The Morgan fingerprint density at radius 1 is 0.377 bits per heavy atom. The van der Waals surface area contributed by atoms with Gasteiger partial charge >= 0.3 is 0 Å². The van der Waals surface area contributed by atoms with Crippen LogP contribution in [0.1, 0.15) is 0 Å². The molecule has 5 heterocycles. The molecule has 0 bridgehead atoms. The number of aromatic nitrogens is 5. The average molecular weight is 780 g/mol. The van der Waals surface area contributed by atoms with Gasteiger partial charge in [-0.2, -0.15) is 0 Å². The molecule has 0 fully saturated rings. The number of nitrogens with zero attached hydrogens (tertiary/aromatic N) is 5. The molecule has 8 aromatic carbocycles. The van der Waals surface area contributed by atoms with Crippen LogP contribution in [0.15, 0.2) is 205 Å². The highest BCUT2D eigenvalue weighted by molar-refractivity contribution is 6.20. The molecule has 6 heteroatoms. The molecule has 0 saturated heterocycles. The number of hydrogen-bond acceptors (Lipinski definition) is 4. The Kier molecular flexibility index (Phi) is 7.21. The summed E-state index contributed by atoms with van der Waals surface area (Å²) in [7, 11) is 0. The summed E-state index contributed by atoms with van der Waals surface area (Å²) in [5.74, 6) is 0.835. The maximum Gasteiger partial charge on any atom is 0.138 e. The second kappa shape index (κ2) is 13.1. The van der Waals surface area contributed by atoms with Gasteiger partial charge in [-0.25, -0.2) is 4.98 Å². The molecular weight excluding hydrogens is 747 g/mol. The predicted molar refractivity (Wildman–Crippen MR) is 250 cm³/mol. The van der Waals surface area contributed by atoms with Gasteiger partial charge in [0, 0.05) is 56.0 Å². The predicted octanol–water partition coefficient (Wildman–Crippen LogP) is 14.1. The summed E-state index contributed by atoms with van der Waals surface area (Å²) < 4.78 is 11.1. The summed E-state index contributed by atoms with van der Waals surface area (Å²) >= 11 is 0. The largest absolute Gasteiger partial charge is 0.456 e. The van der Waals surface area contributed by atoms with Crippen LogP contribution in [0.5, 0.6) is 0 Å². The van der Waals surface area contributed by atoms with Crippen molar-refractivity contribution < 1.29 is 4.42 Å². The number of benzene rings is 8. The van der Waals surface area contributed by atoms with E-state index >= 15 is 0 Å². The Balaban J connectivity index is 1.02. The Labute approximate surface area is 349 Å². The number of pyridine rings is 1. The normalized spacial score (nSPS) is 11.9. The van der Waals surface area contributed by atoms with Crippen LogP contribution in [0.2, 0.25) is 0 Å². The fraction of sp³-hybridized carbons (Fsp3) is 0. The van der Waals surface area contributed by atoms with Crippen molar-refractivity contribution >= 4 is 76.6 Å². The summed E-state index contributed by atoms with van der Waals surface area (Å²) in [6.07, 6.45) is 3.54. The Morgan fingerprint density at radius 3 is 1.75 bits per heavy atom. The van der Waals surface area contributed by atoms with Gasteiger partial charge in [0.25, 0.3) is 0 Å². The lowest BCUT2D eigenvalue weighted by Crippen LogP contribution is -2.00. The fourth-order valence-corrected chi connectivity index (χ4v) is 9.43. The van der Waals surface area contributed by atoms with Crippen LogP contribution in [0.25, 0.3) is 122 Å². The smallest absolute Gasteiger partial charge is 0.138 e. The maximum atomic E-state index is 6.47. The number of rotatable bonds is 5. The van der Waals surface area contributed by atoms with Gasteiger partial charge in [-0.05, 0) is 101 Å². The van der Waals surface area contributed by atoms with E-state index in [1.807, 2.05) is 6.07 Å². The van der Waals surface area contributed by atoms with Gasteiger partial charge < -0.3 is 8.98 Å². The lowest BCUT2D eigenvalue weighted by molar-refractivity contribution is 0.669. The van der Waals surface area contributed by atoms with Crippen molar-refractivity contribution in [2.24, 2.45) is 0 Å². The van der Waals surface area contributed by atoms with E-state index < -0.39 is 0 Å². The molecule has 61 heavy (non-hydrogen) atoms. The van der Waals surface area contributed by atoms with Crippen molar-refractivity contribution in [1.82, 2.24) is 24.1 Å². The average Bonchev–Trinajstić information content (AvgIpc) is 3.99. The first-order valence-electron chi connectivity index (χ1n) is 20.5. The Morgan fingerprint density at radius 2 is 0.984 bits per heavy atom. The van der Waals surface area contributed by atoms with E-state index in [4.69, 9.17) is 19.4 Å². The summed E-state index contributed by atoms with van der Waals surface area (Å²) in [4.78, 5) is 15.0. The van der Waals surface area contributed by atoms with Crippen LogP contribution in [0, 0.1) is 0 Å². The molecule has 0 aliphatic heterocycles. The molecule has 0 N–H and O–H groups in total. The minimum absolute atomic E-state index is 0.835. The number of furan rings is 1.